The fourth-order valence-electron chi connectivity index (χ4n) is 2.87. The van der Waals surface area contributed by atoms with Crippen LogP contribution < -0.4 is 5.43 Å². The van der Waals surface area contributed by atoms with E-state index in [0.29, 0.717) is 11.5 Å². The molecule has 124 valence electrons. The first-order valence-corrected chi connectivity index (χ1v) is 8.31. The van der Waals surface area contributed by atoms with Gasteiger partial charge in [-0.2, -0.15) is 5.10 Å². The summed E-state index contributed by atoms with van der Waals surface area (Å²) in [6.07, 6.45) is 7.21. The van der Waals surface area contributed by atoms with Crippen LogP contribution in [0.25, 0.3) is 0 Å². The van der Waals surface area contributed by atoms with Crippen LogP contribution in [-0.2, 0) is 6.54 Å². The molecule has 0 atom stereocenters. The highest BCUT2D eigenvalue weighted by molar-refractivity contribution is 5.94. The average Bonchev–Trinajstić information content (AvgIpc) is 2.65. The standard InChI is InChI=1S/C19H22N4O/c24-19(18-6-10-20-11-7-18)22-21-14-16-8-12-23(13-9-16)15-17-4-2-1-3-5-17/h1-7,10-11,14,16H,8-9,12-13,15H2,(H,22,24)/b21-14+. The average molecular weight is 322 g/mol. The van der Waals surface area contributed by atoms with E-state index in [2.05, 4.69) is 44.7 Å². The number of likely N-dealkylation sites (tertiary alicyclic amines) is 1. The molecular formula is C19H22N4O. The van der Waals surface area contributed by atoms with Gasteiger partial charge < -0.3 is 0 Å². The topological polar surface area (TPSA) is 57.6 Å². The Hall–Kier alpha value is -2.53. The monoisotopic (exact) mass is 322 g/mol. The van der Waals surface area contributed by atoms with Gasteiger partial charge in [0.25, 0.3) is 5.91 Å². The highest BCUT2D eigenvalue weighted by atomic mass is 16.2. The Morgan fingerprint density at radius 2 is 1.88 bits per heavy atom. The van der Waals surface area contributed by atoms with Gasteiger partial charge in [-0.3, -0.25) is 14.7 Å². The Kier molecular flexibility index (Phi) is 5.69. The Morgan fingerprint density at radius 1 is 1.17 bits per heavy atom. The van der Waals surface area contributed by atoms with Gasteiger partial charge in [0.2, 0.25) is 0 Å². The summed E-state index contributed by atoms with van der Waals surface area (Å²) in [5.74, 6) is 0.227. The van der Waals surface area contributed by atoms with Crippen LogP contribution in [0.1, 0.15) is 28.8 Å². The summed E-state index contributed by atoms with van der Waals surface area (Å²) in [5.41, 5.74) is 4.51. The molecule has 1 aromatic heterocycles. The van der Waals surface area contributed by atoms with Crippen molar-refractivity contribution in [3.05, 3.63) is 66.0 Å². The molecule has 3 rings (SSSR count). The Morgan fingerprint density at radius 3 is 2.58 bits per heavy atom. The molecule has 2 aromatic rings. The zero-order valence-corrected chi connectivity index (χ0v) is 13.6. The van der Waals surface area contributed by atoms with E-state index < -0.39 is 0 Å². The molecule has 1 amide bonds. The SMILES string of the molecule is O=C(N/N=C/C1CCN(Cc2ccccc2)CC1)c1ccncc1. The molecule has 1 aromatic carbocycles. The number of hydrazone groups is 1. The summed E-state index contributed by atoms with van der Waals surface area (Å²) in [6.45, 7) is 3.12. The number of nitrogens with one attached hydrogen (secondary N) is 1. The number of benzene rings is 1. The first-order chi connectivity index (χ1) is 11.8. The fourth-order valence-corrected chi connectivity index (χ4v) is 2.87. The molecule has 1 N–H and O–H groups in total. The van der Waals surface area contributed by atoms with Crippen LogP contribution in [-0.4, -0.2) is 35.1 Å². The van der Waals surface area contributed by atoms with Crippen molar-refractivity contribution >= 4 is 12.1 Å². The number of hydrogen-bond acceptors (Lipinski definition) is 4. The lowest BCUT2D eigenvalue weighted by Gasteiger charge is -2.30. The third kappa shape index (κ3) is 4.73. The minimum atomic E-state index is -0.199. The van der Waals surface area contributed by atoms with Crippen LogP contribution >= 0.6 is 0 Å². The highest BCUT2D eigenvalue weighted by Gasteiger charge is 2.17. The van der Waals surface area contributed by atoms with Crippen LogP contribution in [0.2, 0.25) is 0 Å². The normalized spacial score (nSPS) is 16.3. The molecule has 1 saturated heterocycles. The lowest BCUT2D eigenvalue weighted by molar-refractivity contribution is 0.0954. The summed E-state index contributed by atoms with van der Waals surface area (Å²) in [4.78, 5) is 18.2. The van der Waals surface area contributed by atoms with E-state index in [1.54, 1.807) is 24.5 Å². The van der Waals surface area contributed by atoms with E-state index in [9.17, 15) is 4.79 Å². The number of hydrogen-bond donors (Lipinski definition) is 1. The van der Waals surface area contributed by atoms with Crippen molar-refractivity contribution in [1.29, 1.82) is 0 Å². The maximum Gasteiger partial charge on any atom is 0.271 e. The molecule has 0 saturated carbocycles. The summed E-state index contributed by atoms with van der Waals surface area (Å²) in [6, 6.07) is 13.9. The molecule has 0 bridgehead atoms. The maximum atomic E-state index is 11.9. The fraction of sp³-hybridized carbons (Fsp3) is 0.316. The smallest absolute Gasteiger partial charge is 0.271 e. The van der Waals surface area contributed by atoms with E-state index >= 15 is 0 Å². The van der Waals surface area contributed by atoms with Crippen molar-refractivity contribution in [1.82, 2.24) is 15.3 Å². The van der Waals surface area contributed by atoms with Crippen molar-refractivity contribution < 1.29 is 4.79 Å². The van der Waals surface area contributed by atoms with Crippen molar-refractivity contribution in [2.45, 2.75) is 19.4 Å². The lowest BCUT2D eigenvalue weighted by atomic mass is 9.98. The van der Waals surface area contributed by atoms with Crippen molar-refractivity contribution in [3.63, 3.8) is 0 Å². The zero-order valence-electron chi connectivity index (χ0n) is 13.6. The van der Waals surface area contributed by atoms with Crippen LogP contribution in [0, 0.1) is 5.92 Å². The van der Waals surface area contributed by atoms with Crippen molar-refractivity contribution in [2.24, 2.45) is 11.0 Å². The van der Waals surface area contributed by atoms with E-state index in [1.807, 2.05) is 12.3 Å². The quantitative estimate of drug-likeness (QED) is 0.680. The zero-order chi connectivity index (χ0) is 16.6. The molecule has 0 radical (unpaired) electrons. The van der Waals surface area contributed by atoms with Gasteiger partial charge in [-0.15, -0.1) is 0 Å². The van der Waals surface area contributed by atoms with Crippen LogP contribution in [0.3, 0.4) is 0 Å². The molecule has 5 nitrogen and oxygen atoms in total. The molecule has 1 fully saturated rings. The third-order valence-corrected chi connectivity index (χ3v) is 4.28. The molecule has 0 unspecified atom stereocenters. The van der Waals surface area contributed by atoms with Gasteiger partial charge in [0, 0.05) is 30.7 Å². The van der Waals surface area contributed by atoms with Gasteiger partial charge in [0.15, 0.2) is 0 Å². The van der Waals surface area contributed by atoms with E-state index in [0.717, 1.165) is 32.5 Å². The molecule has 1 aliphatic rings. The number of nitrogens with zero attached hydrogens (tertiary/aromatic N) is 3. The molecule has 0 aliphatic carbocycles. The van der Waals surface area contributed by atoms with E-state index in [4.69, 9.17) is 0 Å². The molecule has 24 heavy (non-hydrogen) atoms. The predicted octanol–water partition coefficient (Wildman–Crippen LogP) is 2.71. The lowest BCUT2D eigenvalue weighted by Crippen LogP contribution is -2.34. The number of carbonyl (C=O) groups excluding carboxylic acids is 1. The molecule has 1 aliphatic heterocycles. The van der Waals surface area contributed by atoms with Gasteiger partial charge >= 0.3 is 0 Å². The molecule has 0 spiro atoms. The number of carbonyl (C=O) groups is 1. The maximum absolute atomic E-state index is 11.9. The van der Waals surface area contributed by atoms with Gasteiger partial charge in [-0.1, -0.05) is 30.3 Å². The predicted molar refractivity (Wildman–Crippen MR) is 94.6 cm³/mol. The molecular weight excluding hydrogens is 300 g/mol. The minimum Gasteiger partial charge on any atom is -0.299 e. The first kappa shape index (κ1) is 16.3. The number of rotatable bonds is 5. The van der Waals surface area contributed by atoms with Crippen LogP contribution in [0.5, 0.6) is 0 Å². The second-order valence-electron chi connectivity index (χ2n) is 6.05. The summed E-state index contributed by atoms with van der Waals surface area (Å²) < 4.78 is 0. The minimum absolute atomic E-state index is 0.199. The summed E-state index contributed by atoms with van der Waals surface area (Å²) in [5, 5.41) is 4.12. The van der Waals surface area contributed by atoms with Gasteiger partial charge in [-0.05, 0) is 49.5 Å². The Bertz CT molecular complexity index is 664. The van der Waals surface area contributed by atoms with Gasteiger partial charge in [-0.25, -0.2) is 5.43 Å². The number of piperidine rings is 1. The second kappa shape index (κ2) is 8.36. The molecule has 2 heterocycles. The third-order valence-electron chi connectivity index (χ3n) is 4.28. The largest absolute Gasteiger partial charge is 0.299 e. The van der Waals surface area contributed by atoms with E-state index in [1.165, 1.54) is 5.56 Å². The second-order valence-corrected chi connectivity index (χ2v) is 6.05. The Balaban J connectivity index is 1.41. The first-order valence-electron chi connectivity index (χ1n) is 8.31. The van der Waals surface area contributed by atoms with E-state index in [-0.39, 0.29) is 5.91 Å². The van der Waals surface area contributed by atoms with Gasteiger partial charge in [0.05, 0.1) is 0 Å². The Labute approximate surface area is 142 Å². The van der Waals surface area contributed by atoms with Crippen LogP contribution in [0.15, 0.2) is 60.0 Å². The van der Waals surface area contributed by atoms with Crippen molar-refractivity contribution in [2.75, 3.05) is 13.1 Å². The summed E-state index contributed by atoms with van der Waals surface area (Å²) in [7, 11) is 0. The number of amides is 1. The summed E-state index contributed by atoms with van der Waals surface area (Å²) >= 11 is 0. The van der Waals surface area contributed by atoms with Crippen LogP contribution in [0.4, 0.5) is 0 Å². The number of aromatic nitrogens is 1. The van der Waals surface area contributed by atoms with Crippen molar-refractivity contribution in [3.8, 4) is 0 Å². The van der Waals surface area contributed by atoms with Gasteiger partial charge in [0.1, 0.15) is 0 Å². The highest BCUT2D eigenvalue weighted by Crippen LogP contribution is 2.17. The number of pyridine rings is 1. The molecule has 5 heteroatoms.